The van der Waals surface area contributed by atoms with Gasteiger partial charge in [0.25, 0.3) is 0 Å². The monoisotopic (exact) mass is 289 g/mol. The van der Waals surface area contributed by atoms with Gasteiger partial charge in [0.2, 0.25) is 11.8 Å². The number of carbonyl (C=O) groups is 2. The van der Waals surface area contributed by atoms with Crippen molar-refractivity contribution in [2.75, 3.05) is 20.1 Å². The molecule has 2 rings (SSSR count). The maximum atomic E-state index is 12.6. The van der Waals surface area contributed by atoms with E-state index in [2.05, 4.69) is 4.98 Å². The molecule has 0 aromatic carbocycles. The number of aromatic nitrogens is 1. The first kappa shape index (κ1) is 15.5. The van der Waals surface area contributed by atoms with Crippen LogP contribution in [0.3, 0.4) is 0 Å². The number of carbonyl (C=O) groups excluding carboxylic acids is 2. The molecule has 5 heteroatoms. The molecule has 5 nitrogen and oxygen atoms in total. The molecule has 1 aliphatic heterocycles. The Morgan fingerprint density at radius 1 is 1.33 bits per heavy atom. The Balaban J connectivity index is 1.96. The van der Waals surface area contributed by atoms with E-state index in [1.54, 1.807) is 18.0 Å². The molecule has 2 amide bonds. The molecule has 0 spiro atoms. The molecule has 0 radical (unpaired) electrons. The van der Waals surface area contributed by atoms with Gasteiger partial charge in [0.05, 0.1) is 11.7 Å². The summed E-state index contributed by atoms with van der Waals surface area (Å²) >= 11 is 0. The summed E-state index contributed by atoms with van der Waals surface area (Å²) in [7, 11) is 1.83. The Kier molecular flexibility index (Phi) is 4.94. The summed E-state index contributed by atoms with van der Waals surface area (Å²) in [5.74, 6) is 0.254. The summed E-state index contributed by atoms with van der Waals surface area (Å²) < 4.78 is 0. The van der Waals surface area contributed by atoms with Gasteiger partial charge in [-0.2, -0.15) is 0 Å². The topological polar surface area (TPSA) is 53.5 Å². The second-order valence-corrected chi connectivity index (χ2v) is 5.66. The van der Waals surface area contributed by atoms with Gasteiger partial charge in [-0.05, 0) is 31.9 Å². The van der Waals surface area contributed by atoms with Crippen molar-refractivity contribution in [2.45, 2.75) is 32.7 Å². The van der Waals surface area contributed by atoms with E-state index >= 15 is 0 Å². The lowest BCUT2D eigenvalue weighted by Crippen LogP contribution is -2.43. The van der Waals surface area contributed by atoms with Gasteiger partial charge in [0, 0.05) is 39.2 Å². The predicted octanol–water partition coefficient (Wildman–Crippen LogP) is 1.86. The first-order valence-electron chi connectivity index (χ1n) is 7.44. The van der Waals surface area contributed by atoms with Crippen LogP contribution >= 0.6 is 0 Å². The van der Waals surface area contributed by atoms with Crippen LogP contribution in [0.15, 0.2) is 24.4 Å². The molecule has 21 heavy (non-hydrogen) atoms. The summed E-state index contributed by atoms with van der Waals surface area (Å²) in [5, 5.41) is 0. The summed E-state index contributed by atoms with van der Waals surface area (Å²) in [6.45, 7) is 4.93. The van der Waals surface area contributed by atoms with Crippen LogP contribution in [0.1, 0.15) is 38.4 Å². The molecule has 1 aromatic heterocycles. The number of hydrogen-bond acceptors (Lipinski definition) is 3. The zero-order chi connectivity index (χ0) is 15.4. The lowest BCUT2D eigenvalue weighted by atomic mass is 9.94. The average molecular weight is 289 g/mol. The highest BCUT2D eigenvalue weighted by molar-refractivity contribution is 5.80. The number of amides is 2. The van der Waals surface area contributed by atoms with Crippen molar-refractivity contribution in [1.29, 1.82) is 0 Å². The van der Waals surface area contributed by atoms with Crippen molar-refractivity contribution in [3.8, 4) is 0 Å². The van der Waals surface area contributed by atoms with E-state index in [9.17, 15) is 9.59 Å². The molecular formula is C16H23N3O2. The molecule has 0 aliphatic carbocycles. The molecule has 1 aromatic rings. The molecule has 1 atom stereocenters. The van der Waals surface area contributed by atoms with Crippen LogP contribution in [0, 0.1) is 5.92 Å². The molecule has 0 bridgehead atoms. The number of pyridine rings is 1. The Bertz CT molecular complexity index is 496. The number of likely N-dealkylation sites (tertiary alicyclic amines) is 1. The van der Waals surface area contributed by atoms with Crippen molar-refractivity contribution < 1.29 is 9.59 Å². The van der Waals surface area contributed by atoms with Crippen molar-refractivity contribution in [1.82, 2.24) is 14.8 Å². The van der Waals surface area contributed by atoms with E-state index in [0.29, 0.717) is 13.1 Å². The fourth-order valence-corrected chi connectivity index (χ4v) is 2.74. The van der Waals surface area contributed by atoms with Crippen molar-refractivity contribution in [2.24, 2.45) is 5.92 Å². The highest BCUT2D eigenvalue weighted by Crippen LogP contribution is 2.24. The van der Waals surface area contributed by atoms with E-state index in [0.717, 1.165) is 18.5 Å². The molecule has 1 saturated heterocycles. The van der Waals surface area contributed by atoms with Crippen molar-refractivity contribution in [3.05, 3.63) is 30.1 Å². The van der Waals surface area contributed by atoms with Crippen LogP contribution < -0.4 is 0 Å². The van der Waals surface area contributed by atoms with Gasteiger partial charge < -0.3 is 9.80 Å². The number of hydrogen-bond donors (Lipinski definition) is 0. The lowest BCUT2D eigenvalue weighted by Gasteiger charge is -2.34. The number of piperidine rings is 1. The minimum Gasteiger partial charge on any atom is -0.343 e. The fourth-order valence-electron chi connectivity index (χ4n) is 2.74. The third-order valence-electron chi connectivity index (χ3n) is 4.33. The molecule has 0 saturated carbocycles. The molecule has 1 fully saturated rings. The first-order chi connectivity index (χ1) is 10.0. The molecule has 2 heterocycles. The standard InChI is InChI=1S/C16H23N3O2/c1-12(15-6-4-5-9-17-15)18(3)16(21)14-7-10-19(11-8-14)13(2)20/h4-6,9,12,14H,7-8,10-11H2,1-3H3. The van der Waals surface area contributed by atoms with E-state index in [4.69, 9.17) is 0 Å². The van der Waals surface area contributed by atoms with Gasteiger partial charge >= 0.3 is 0 Å². The molecule has 1 aliphatic rings. The minimum absolute atomic E-state index is 0.0109. The van der Waals surface area contributed by atoms with Crippen LogP contribution in [-0.4, -0.2) is 46.7 Å². The average Bonchev–Trinajstić information content (AvgIpc) is 2.53. The van der Waals surface area contributed by atoms with Gasteiger partial charge in [-0.25, -0.2) is 0 Å². The lowest BCUT2D eigenvalue weighted by molar-refractivity contribution is -0.140. The van der Waals surface area contributed by atoms with E-state index in [-0.39, 0.29) is 23.8 Å². The summed E-state index contributed by atoms with van der Waals surface area (Å²) in [5.41, 5.74) is 0.898. The van der Waals surface area contributed by atoms with Gasteiger partial charge in [-0.15, -0.1) is 0 Å². The molecule has 114 valence electrons. The van der Waals surface area contributed by atoms with E-state index < -0.39 is 0 Å². The van der Waals surface area contributed by atoms with Gasteiger partial charge in [-0.1, -0.05) is 6.07 Å². The normalized spacial score (nSPS) is 17.4. The summed E-state index contributed by atoms with van der Waals surface area (Å²) in [6.07, 6.45) is 3.24. The SMILES string of the molecule is CC(=O)N1CCC(C(=O)N(C)C(C)c2ccccn2)CC1. The predicted molar refractivity (Wildman–Crippen MR) is 80.4 cm³/mol. The van der Waals surface area contributed by atoms with E-state index in [1.165, 1.54) is 0 Å². The minimum atomic E-state index is -0.0375. The summed E-state index contributed by atoms with van der Waals surface area (Å²) in [4.78, 5) is 31.8. The van der Waals surface area contributed by atoms with Crippen molar-refractivity contribution >= 4 is 11.8 Å². The Morgan fingerprint density at radius 3 is 2.52 bits per heavy atom. The number of nitrogens with zero attached hydrogens (tertiary/aromatic N) is 3. The Morgan fingerprint density at radius 2 is 2.00 bits per heavy atom. The second-order valence-electron chi connectivity index (χ2n) is 5.66. The molecular weight excluding hydrogens is 266 g/mol. The van der Waals surface area contributed by atoms with E-state index in [1.807, 2.05) is 37.1 Å². The third kappa shape index (κ3) is 3.60. The number of rotatable bonds is 3. The highest BCUT2D eigenvalue weighted by Gasteiger charge is 2.30. The fraction of sp³-hybridized carbons (Fsp3) is 0.562. The maximum absolute atomic E-state index is 12.6. The second kappa shape index (κ2) is 6.70. The van der Waals surface area contributed by atoms with Crippen LogP contribution in [-0.2, 0) is 9.59 Å². The smallest absolute Gasteiger partial charge is 0.226 e. The maximum Gasteiger partial charge on any atom is 0.226 e. The van der Waals surface area contributed by atoms with Gasteiger partial charge in [0.1, 0.15) is 0 Å². The van der Waals surface area contributed by atoms with Gasteiger partial charge in [-0.3, -0.25) is 14.6 Å². The first-order valence-corrected chi connectivity index (χ1v) is 7.44. The Labute approximate surface area is 126 Å². The van der Waals surface area contributed by atoms with Crippen molar-refractivity contribution in [3.63, 3.8) is 0 Å². The highest BCUT2D eigenvalue weighted by atomic mass is 16.2. The molecule has 0 N–H and O–H groups in total. The van der Waals surface area contributed by atoms with Crippen LogP contribution in [0.2, 0.25) is 0 Å². The largest absolute Gasteiger partial charge is 0.343 e. The zero-order valence-corrected chi connectivity index (χ0v) is 13.0. The summed E-state index contributed by atoms with van der Waals surface area (Å²) in [6, 6.07) is 5.70. The quantitative estimate of drug-likeness (QED) is 0.853. The van der Waals surface area contributed by atoms with Crippen LogP contribution in [0.25, 0.3) is 0 Å². The van der Waals surface area contributed by atoms with Crippen LogP contribution in [0.4, 0.5) is 0 Å². The Hall–Kier alpha value is -1.91. The zero-order valence-electron chi connectivity index (χ0n) is 13.0. The third-order valence-corrected chi connectivity index (χ3v) is 4.33. The molecule has 1 unspecified atom stereocenters. The van der Waals surface area contributed by atoms with Crippen LogP contribution in [0.5, 0.6) is 0 Å². The van der Waals surface area contributed by atoms with Gasteiger partial charge in [0.15, 0.2) is 0 Å².